The van der Waals surface area contributed by atoms with Crippen LogP contribution in [0.1, 0.15) is 22.9 Å². The van der Waals surface area contributed by atoms with Crippen molar-refractivity contribution in [3.05, 3.63) is 164 Å². The molecule has 0 spiro atoms. The van der Waals surface area contributed by atoms with Gasteiger partial charge in [0.05, 0.1) is 32.9 Å². The number of aryl methyl sites for hydroxylation is 3. The van der Waals surface area contributed by atoms with Crippen molar-refractivity contribution in [3.8, 4) is 74.0 Å². The van der Waals surface area contributed by atoms with Crippen molar-refractivity contribution in [3.63, 3.8) is 0 Å². The molecule has 0 bridgehead atoms. The van der Waals surface area contributed by atoms with E-state index in [0.29, 0.717) is 5.08 Å². The molecular weight excluding hydrogens is 956 g/mol. The molecule has 0 saturated carbocycles. The molecule has 0 amide bonds. The molecule has 61 heavy (non-hydrogen) atoms. The molecule has 0 fully saturated rings. The van der Waals surface area contributed by atoms with Crippen LogP contribution in [0.25, 0.3) is 63.2 Å². The van der Waals surface area contributed by atoms with Crippen LogP contribution in [-0.4, -0.2) is 25.0 Å². The molecule has 0 aliphatic rings. The predicted octanol–water partition coefficient (Wildman–Crippen LogP) is 15.1. The van der Waals surface area contributed by atoms with Gasteiger partial charge in [-0.25, -0.2) is 0 Å². The van der Waals surface area contributed by atoms with Gasteiger partial charge in [0.2, 0.25) is 0 Å². The van der Waals surface area contributed by atoms with Gasteiger partial charge in [0.15, 0.2) is 0 Å². The van der Waals surface area contributed by atoms with E-state index < -0.39 is 0 Å². The molecule has 2 N–H and O–H groups in total. The maximum absolute atomic E-state index is 7.88. The standard InChI is InChI=1S/C27H19N3S4.C12H12N2.C3H2N2S2.C3H6.C2H4.Ru/c1-16-2-3-23(31-16)24-6-4-21(32-24)17-10-12-29-19(14-17)20-15-18(11-13-30-20)22-5-7-25(33-22)26-8-9-27(28)34-26;1-9-3-5-13-11(7-9)12-8-10(2)4-6-14-12;4-1-6-3-7-2-5;1-3-2;1-2;/h2-15H,28H2,1H3;3-8H,1-2H3;3H2;3H,1H2,2H3;1-2H2;. The smallest absolute Gasteiger partial charge is 0.134 e. The number of thiocyanates is 2. The molecule has 0 radical (unpaired) electrons. The molecule has 8 heterocycles. The minimum Gasteiger partial charge on any atom is -0.391 e. The van der Waals surface area contributed by atoms with Gasteiger partial charge in [0, 0.05) is 78.4 Å². The van der Waals surface area contributed by atoms with E-state index >= 15 is 0 Å². The summed E-state index contributed by atoms with van der Waals surface area (Å²) in [5.74, 6) is 0. The molecule has 0 aromatic carbocycles. The van der Waals surface area contributed by atoms with Crippen molar-refractivity contribution in [2.75, 3.05) is 10.8 Å². The number of nitrogens with zero attached hydrogens (tertiary/aromatic N) is 6. The normalized spacial score (nSPS) is 9.61. The predicted molar refractivity (Wildman–Crippen MR) is 265 cm³/mol. The van der Waals surface area contributed by atoms with Gasteiger partial charge in [-0.2, -0.15) is 10.5 Å². The quantitative estimate of drug-likeness (QED) is 0.0521. The number of hydrogen-bond acceptors (Lipinski definition) is 13. The van der Waals surface area contributed by atoms with Crippen LogP contribution in [0, 0.1) is 42.1 Å². The zero-order valence-corrected chi connectivity index (χ0v) is 40.7. The first-order chi connectivity index (χ1) is 29.2. The SMILES string of the molecule is C=C.C=CC.Cc1ccc(-c2ccc(-c3ccnc(-c4cc(-c5ccc(-c6ccc(N)s6)s5)ccn4)c3)s2)s1.Cc1ccnc(-c2cc(C)ccn2)c1.N#CSCSC#N.[Ru]. The number of hydrogen-bond donors (Lipinski definition) is 1. The second-order valence-corrected chi connectivity index (χ2v) is 18.7. The molecule has 8 aromatic heterocycles. The summed E-state index contributed by atoms with van der Waals surface area (Å²) in [7, 11) is 0. The summed E-state index contributed by atoms with van der Waals surface area (Å²) in [5, 5.41) is 20.8. The zero-order valence-electron chi connectivity index (χ0n) is 34.0. The van der Waals surface area contributed by atoms with E-state index in [4.69, 9.17) is 16.3 Å². The number of anilines is 1. The van der Waals surface area contributed by atoms with Crippen molar-refractivity contribution >= 4 is 73.9 Å². The Bertz CT molecular complexity index is 2490. The van der Waals surface area contributed by atoms with Gasteiger partial charge in [0.1, 0.15) is 10.8 Å². The van der Waals surface area contributed by atoms with E-state index in [2.05, 4.69) is 127 Å². The Hall–Kier alpha value is -5.02. The summed E-state index contributed by atoms with van der Waals surface area (Å²) in [6.07, 6.45) is 9.12. The Morgan fingerprint density at radius 1 is 0.557 bits per heavy atom. The van der Waals surface area contributed by atoms with Crippen LogP contribution >= 0.6 is 68.9 Å². The number of thiophene rings is 4. The van der Waals surface area contributed by atoms with Crippen LogP contribution in [0.3, 0.4) is 0 Å². The second kappa shape index (κ2) is 27.0. The summed E-state index contributed by atoms with van der Waals surface area (Å²) in [4.78, 5) is 26.6. The Labute approximate surface area is 396 Å². The maximum atomic E-state index is 7.88. The van der Waals surface area contributed by atoms with Crippen molar-refractivity contribution in [2.45, 2.75) is 27.7 Å². The number of nitrogen functional groups attached to an aromatic ring is 1. The summed E-state index contributed by atoms with van der Waals surface area (Å²) in [5.41, 5.74) is 14.3. The van der Waals surface area contributed by atoms with E-state index in [1.807, 2.05) is 95.5 Å². The van der Waals surface area contributed by atoms with Gasteiger partial charge in [-0.05, 0) is 171 Å². The third-order valence-corrected chi connectivity index (χ3v) is 13.5. The zero-order chi connectivity index (χ0) is 43.3. The van der Waals surface area contributed by atoms with E-state index in [1.54, 1.807) is 28.7 Å². The van der Waals surface area contributed by atoms with Crippen LogP contribution in [0.4, 0.5) is 5.00 Å². The first kappa shape index (κ1) is 50.3. The van der Waals surface area contributed by atoms with E-state index in [-0.39, 0.29) is 19.5 Å². The van der Waals surface area contributed by atoms with Crippen molar-refractivity contribution < 1.29 is 19.5 Å². The monoisotopic (exact) mass is 999 g/mol. The number of aromatic nitrogens is 4. The van der Waals surface area contributed by atoms with Gasteiger partial charge in [-0.1, -0.05) is 6.08 Å². The Balaban J connectivity index is 0.000000303. The van der Waals surface area contributed by atoms with E-state index in [0.717, 1.165) is 62.4 Å². The average molecular weight is 999 g/mol. The molecular formula is C47H43N7RuS6. The number of nitrogens with two attached hydrogens (primary N) is 1. The molecule has 0 aliphatic carbocycles. The van der Waals surface area contributed by atoms with Gasteiger partial charge in [-0.15, -0.1) is 65.1 Å². The first-order valence-corrected chi connectivity index (χ1v) is 23.4. The van der Waals surface area contributed by atoms with Crippen molar-refractivity contribution in [1.29, 1.82) is 10.5 Å². The van der Waals surface area contributed by atoms with Gasteiger partial charge >= 0.3 is 0 Å². The fourth-order valence-electron chi connectivity index (χ4n) is 5.19. The first-order valence-electron chi connectivity index (χ1n) is 18.2. The fraction of sp³-hybridized carbons (Fsp3) is 0.106. The van der Waals surface area contributed by atoms with Crippen molar-refractivity contribution in [1.82, 2.24) is 19.9 Å². The fourth-order valence-corrected chi connectivity index (χ4v) is 9.67. The molecule has 14 heteroatoms. The minimum atomic E-state index is 0. The molecule has 7 nitrogen and oxygen atoms in total. The number of rotatable bonds is 8. The summed E-state index contributed by atoms with van der Waals surface area (Å²) in [6, 6.07) is 33.6. The molecule has 0 unspecified atom stereocenters. The van der Waals surface area contributed by atoms with Crippen LogP contribution in [-0.2, 0) is 19.5 Å². The molecule has 0 saturated heterocycles. The van der Waals surface area contributed by atoms with E-state index in [1.165, 1.54) is 45.3 Å². The number of allylic oxidation sites excluding steroid dienone is 1. The summed E-state index contributed by atoms with van der Waals surface area (Å²) >= 11 is 9.19. The molecule has 310 valence electrons. The minimum absolute atomic E-state index is 0. The van der Waals surface area contributed by atoms with Gasteiger partial charge in [-0.3, -0.25) is 19.9 Å². The Morgan fingerprint density at radius 2 is 0.918 bits per heavy atom. The summed E-state index contributed by atoms with van der Waals surface area (Å²) in [6.45, 7) is 17.5. The molecule has 8 rings (SSSR count). The number of nitriles is 2. The van der Waals surface area contributed by atoms with Crippen molar-refractivity contribution in [2.24, 2.45) is 0 Å². The van der Waals surface area contributed by atoms with Crippen LogP contribution in [0.15, 0.2) is 148 Å². The molecule has 0 aliphatic heterocycles. The van der Waals surface area contributed by atoms with Gasteiger partial charge < -0.3 is 5.73 Å². The third kappa shape index (κ3) is 15.8. The van der Waals surface area contributed by atoms with Crippen LogP contribution in [0.2, 0.25) is 0 Å². The maximum Gasteiger partial charge on any atom is 0.134 e. The largest absolute Gasteiger partial charge is 0.391 e. The third-order valence-electron chi connectivity index (χ3n) is 7.76. The number of pyridine rings is 4. The van der Waals surface area contributed by atoms with E-state index in [9.17, 15) is 0 Å². The van der Waals surface area contributed by atoms with Crippen LogP contribution < -0.4 is 5.73 Å². The Morgan fingerprint density at radius 3 is 1.30 bits per heavy atom. The Kier molecular flexibility index (Phi) is 22.3. The summed E-state index contributed by atoms with van der Waals surface area (Å²) < 4.78 is 0. The number of thioether (sulfide) groups is 2. The molecule has 0 atom stereocenters. The van der Waals surface area contributed by atoms with Gasteiger partial charge in [0.25, 0.3) is 0 Å². The topological polar surface area (TPSA) is 125 Å². The van der Waals surface area contributed by atoms with Crippen LogP contribution in [0.5, 0.6) is 0 Å². The second-order valence-electron chi connectivity index (χ2n) is 12.2. The average Bonchev–Trinajstić information content (AvgIpc) is 4.11. The molecule has 8 aromatic rings.